The fourth-order valence-electron chi connectivity index (χ4n) is 2.92. The van der Waals surface area contributed by atoms with Crippen molar-refractivity contribution in [1.29, 1.82) is 0 Å². The molecule has 2 saturated heterocycles. The summed E-state index contributed by atoms with van der Waals surface area (Å²) in [6.07, 6.45) is 3.65. The van der Waals surface area contributed by atoms with Gasteiger partial charge in [0.15, 0.2) is 0 Å². The van der Waals surface area contributed by atoms with E-state index >= 15 is 0 Å². The van der Waals surface area contributed by atoms with Crippen molar-refractivity contribution in [2.45, 2.75) is 40.0 Å². The zero-order valence-electron chi connectivity index (χ0n) is 13.1. The van der Waals surface area contributed by atoms with Crippen LogP contribution in [0.2, 0.25) is 0 Å². The average molecular weight is 270 g/mol. The molecular weight excluding hydrogens is 240 g/mol. The maximum Gasteiger partial charge on any atom is 0.248 e. The normalized spacial score (nSPS) is 26.6. The fourth-order valence-corrected chi connectivity index (χ4v) is 2.92. The summed E-state index contributed by atoms with van der Waals surface area (Å²) < 4.78 is 5.18. The minimum absolute atomic E-state index is 0.160. The second-order valence-electron chi connectivity index (χ2n) is 5.90. The molecule has 1 spiro atoms. The van der Waals surface area contributed by atoms with Crippen molar-refractivity contribution in [3.63, 3.8) is 0 Å². The molecule has 2 rings (SSSR count). The van der Waals surface area contributed by atoms with Gasteiger partial charge in [0.25, 0.3) is 0 Å². The molecule has 0 radical (unpaired) electrons. The van der Waals surface area contributed by atoms with Gasteiger partial charge in [-0.3, -0.25) is 4.79 Å². The van der Waals surface area contributed by atoms with E-state index in [0.29, 0.717) is 12.0 Å². The summed E-state index contributed by atoms with van der Waals surface area (Å²) in [4.78, 5) is 16.2. The van der Waals surface area contributed by atoms with Gasteiger partial charge >= 0.3 is 0 Å². The molecule has 2 heterocycles. The number of carbonyl (C=O) groups is 1. The topological polar surface area (TPSA) is 32.8 Å². The molecule has 0 aromatic carbocycles. The van der Waals surface area contributed by atoms with Gasteiger partial charge in [-0.2, -0.15) is 0 Å². The minimum atomic E-state index is 0.160. The van der Waals surface area contributed by atoms with Gasteiger partial charge in [-0.25, -0.2) is 0 Å². The van der Waals surface area contributed by atoms with Crippen molar-refractivity contribution in [2.24, 2.45) is 5.41 Å². The molecule has 0 aromatic rings. The number of likely N-dealkylation sites (tertiary alicyclic amines) is 2. The first-order chi connectivity index (χ1) is 9.06. The highest BCUT2D eigenvalue weighted by Crippen LogP contribution is 2.38. The van der Waals surface area contributed by atoms with Gasteiger partial charge in [-0.15, -0.1) is 0 Å². The van der Waals surface area contributed by atoms with E-state index in [1.807, 2.05) is 11.8 Å². The van der Waals surface area contributed by atoms with Gasteiger partial charge in [0, 0.05) is 31.7 Å². The number of ether oxygens (including phenoxy) is 1. The van der Waals surface area contributed by atoms with Crippen LogP contribution in [0.5, 0.6) is 0 Å². The number of carbonyl (C=O) groups excluding carboxylic acids is 1. The van der Waals surface area contributed by atoms with E-state index in [4.69, 9.17) is 4.74 Å². The maximum atomic E-state index is 11.8. The van der Waals surface area contributed by atoms with Crippen LogP contribution in [0.15, 0.2) is 0 Å². The third-order valence-electron chi connectivity index (χ3n) is 3.85. The fraction of sp³-hybridized carbons (Fsp3) is 0.933. The van der Waals surface area contributed by atoms with Crippen LogP contribution in [0.4, 0.5) is 0 Å². The van der Waals surface area contributed by atoms with E-state index in [2.05, 4.69) is 25.8 Å². The largest absolute Gasteiger partial charge is 0.372 e. The van der Waals surface area contributed by atoms with Crippen molar-refractivity contribution in [1.82, 2.24) is 9.80 Å². The molecule has 0 saturated carbocycles. The first kappa shape index (κ1) is 16.4. The van der Waals surface area contributed by atoms with E-state index < -0.39 is 0 Å². The summed E-state index contributed by atoms with van der Waals surface area (Å²) in [6.45, 7) is 11.2. The lowest BCUT2D eigenvalue weighted by Crippen LogP contribution is -2.35. The minimum Gasteiger partial charge on any atom is -0.372 e. The van der Waals surface area contributed by atoms with E-state index in [9.17, 15) is 4.79 Å². The van der Waals surface area contributed by atoms with Gasteiger partial charge in [0.2, 0.25) is 5.91 Å². The summed E-state index contributed by atoms with van der Waals surface area (Å²) in [5, 5.41) is 0. The van der Waals surface area contributed by atoms with E-state index in [0.717, 1.165) is 26.1 Å². The molecule has 0 unspecified atom stereocenters. The smallest absolute Gasteiger partial charge is 0.248 e. The molecule has 0 bridgehead atoms. The lowest BCUT2D eigenvalue weighted by Gasteiger charge is -2.23. The Bertz CT molecular complexity index is 283. The third-order valence-corrected chi connectivity index (χ3v) is 3.85. The average Bonchev–Trinajstić information content (AvgIpc) is 2.95. The molecule has 0 N–H and O–H groups in total. The molecule has 0 aliphatic carbocycles. The summed E-state index contributed by atoms with van der Waals surface area (Å²) in [5.74, 6) is 0.160. The van der Waals surface area contributed by atoms with Gasteiger partial charge in [0.1, 0.15) is 6.61 Å². The van der Waals surface area contributed by atoms with Gasteiger partial charge in [-0.05, 0) is 33.4 Å². The Kier molecular flexibility index (Phi) is 6.80. The Labute approximate surface area is 118 Å². The zero-order chi connectivity index (χ0) is 14.3. The molecule has 0 aromatic heterocycles. The number of hydrogen-bond acceptors (Lipinski definition) is 3. The Balaban J connectivity index is 0.000000550. The maximum absolute atomic E-state index is 11.8. The first-order valence-corrected chi connectivity index (χ1v) is 7.61. The lowest BCUT2D eigenvalue weighted by molar-refractivity contribution is -0.135. The van der Waals surface area contributed by atoms with Crippen LogP contribution in [0, 0.1) is 5.41 Å². The van der Waals surface area contributed by atoms with Crippen molar-refractivity contribution in [3.8, 4) is 0 Å². The molecule has 19 heavy (non-hydrogen) atoms. The number of nitrogens with zero attached hydrogens (tertiary/aromatic N) is 2. The van der Waals surface area contributed by atoms with Crippen LogP contribution in [0.25, 0.3) is 0 Å². The van der Waals surface area contributed by atoms with Crippen LogP contribution in [-0.4, -0.2) is 62.1 Å². The predicted molar refractivity (Wildman–Crippen MR) is 78.2 cm³/mol. The summed E-state index contributed by atoms with van der Waals surface area (Å²) in [6, 6.07) is 0. The Morgan fingerprint density at radius 2 is 1.79 bits per heavy atom. The Morgan fingerprint density at radius 1 is 1.16 bits per heavy atom. The van der Waals surface area contributed by atoms with Gasteiger partial charge in [0.05, 0.1) is 0 Å². The molecule has 112 valence electrons. The highest BCUT2D eigenvalue weighted by Gasteiger charge is 2.43. The standard InChI is InChI=1S/C12H22N2O2.C3H8/c1-3-16-8-11(15)14-7-5-12(10-14)4-6-13(2)9-12;1-3-2/h3-10H2,1-2H3;3H2,1-2H3/t12-;/m1./s1. The van der Waals surface area contributed by atoms with E-state index in [1.165, 1.54) is 19.4 Å². The van der Waals surface area contributed by atoms with Crippen LogP contribution in [0.3, 0.4) is 0 Å². The van der Waals surface area contributed by atoms with Crippen LogP contribution in [-0.2, 0) is 9.53 Å². The molecule has 2 aliphatic heterocycles. The van der Waals surface area contributed by atoms with Gasteiger partial charge in [-0.1, -0.05) is 20.3 Å². The van der Waals surface area contributed by atoms with E-state index in [1.54, 1.807) is 0 Å². The van der Waals surface area contributed by atoms with Crippen molar-refractivity contribution in [2.75, 3.05) is 46.4 Å². The number of amides is 1. The quantitative estimate of drug-likeness (QED) is 0.786. The molecule has 1 amide bonds. The lowest BCUT2D eigenvalue weighted by atomic mass is 9.86. The van der Waals surface area contributed by atoms with Gasteiger partial charge < -0.3 is 14.5 Å². The third kappa shape index (κ3) is 4.77. The summed E-state index contributed by atoms with van der Waals surface area (Å²) in [5.41, 5.74) is 0.386. The SMILES string of the molecule is CCC.CCOCC(=O)N1CC[C@@]2(CCN(C)C2)C1. The van der Waals surface area contributed by atoms with Crippen molar-refractivity contribution >= 4 is 5.91 Å². The Hall–Kier alpha value is -0.610. The highest BCUT2D eigenvalue weighted by atomic mass is 16.5. The molecular formula is C15H30N2O2. The second-order valence-corrected chi connectivity index (χ2v) is 5.90. The van der Waals surface area contributed by atoms with Crippen LogP contribution < -0.4 is 0 Å². The summed E-state index contributed by atoms with van der Waals surface area (Å²) in [7, 11) is 2.17. The molecule has 2 fully saturated rings. The number of rotatable bonds is 3. The molecule has 1 atom stereocenters. The Morgan fingerprint density at radius 3 is 2.32 bits per heavy atom. The highest BCUT2D eigenvalue weighted by molar-refractivity contribution is 5.77. The van der Waals surface area contributed by atoms with E-state index in [-0.39, 0.29) is 12.5 Å². The van der Waals surface area contributed by atoms with Crippen molar-refractivity contribution in [3.05, 3.63) is 0 Å². The first-order valence-electron chi connectivity index (χ1n) is 7.61. The molecule has 4 heteroatoms. The van der Waals surface area contributed by atoms with Crippen LogP contribution in [0.1, 0.15) is 40.0 Å². The zero-order valence-corrected chi connectivity index (χ0v) is 13.1. The number of hydrogen-bond donors (Lipinski definition) is 0. The monoisotopic (exact) mass is 270 g/mol. The van der Waals surface area contributed by atoms with Crippen molar-refractivity contribution < 1.29 is 9.53 Å². The second kappa shape index (κ2) is 7.85. The predicted octanol–water partition coefficient (Wildman–Crippen LogP) is 1.99. The molecule has 4 nitrogen and oxygen atoms in total. The van der Waals surface area contributed by atoms with Crippen LogP contribution >= 0.6 is 0 Å². The molecule has 2 aliphatic rings. The summed E-state index contributed by atoms with van der Waals surface area (Å²) >= 11 is 0.